The molecule has 0 aliphatic heterocycles. The summed E-state index contributed by atoms with van der Waals surface area (Å²) < 4.78 is 44.4. The number of hydrogen-bond donors (Lipinski definition) is 2. The number of ether oxygens (including phenoxy) is 1. The molecule has 1 atom stereocenters. The zero-order chi connectivity index (χ0) is 31.2. The molecule has 8 nitrogen and oxygen atoms in total. The standard InChI is InChI=1S/C17H13F3N4O2S.C13H23NO/c1-8-6-10(14-12(18)4-3-5-13(14)26-16(19)20)11(7-21-8)15(25)22-17-24-23-9(2)27-17;1-5-11(4)8-13(7-3)14-9-12(6-2)10-15/h3-7,16H,1-2H3,(H,22,24,25);6-7,9,11,15H,5,8,10H2,1-4H3/b;12-6+,13-7-,14-9+. The van der Waals surface area contributed by atoms with E-state index < -0.39 is 18.3 Å². The van der Waals surface area contributed by atoms with Crippen molar-refractivity contribution in [3.63, 3.8) is 0 Å². The number of nitrogens with one attached hydrogen (secondary N) is 1. The maximum atomic E-state index is 14.5. The summed E-state index contributed by atoms with van der Waals surface area (Å²) in [5, 5.41) is 20.0. The van der Waals surface area contributed by atoms with E-state index in [1.54, 1.807) is 20.1 Å². The van der Waals surface area contributed by atoms with Gasteiger partial charge in [0, 0.05) is 29.4 Å². The van der Waals surface area contributed by atoms with Crippen LogP contribution in [-0.4, -0.2) is 45.6 Å². The van der Waals surface area contributed by atoms with Gasteiger partial charge in [-0.3, -0.25) is 20.1 Å². The van der Waals surface area contributed by atoms with Crippen LogP contribution in [-0.2, 0) is 0 Å². The molecule has 0 radical (unpaired) electrons. The Balaban J connectivity index is 0.000000351. The smallest absolute Gasteiger partial charge is 0.387 e. The van der Waals surface area contributed by atoms with Crippen LogP contribution in [0.3, 0.4) is 0 Å². The number of aryl methyl sites for hydroxylation is 2. The van der Waals surface area contributed by atoms with Crippen molar-refractivity contribution in [2.75, 3.05) is 11.9 Å². The van der Waals surface area contributed by atoms with Crippen molar-refractivity contribution in [3.8, 4) is 16.9 Å². The van der Waals surface area contributed by atoms with Gasteiger partial charge in [0.05, 0.1) is 17.7 Å². The molecule has 0 aliphatic carbocycles. The van der Waals surface area contributed by atoms with Gasteiger partial charge in [-0.1, -0.05) is 49.8 Å². The molecule has 12 heteroatoms. The summed E-state index contributed by atoms with van der Waals surface area (Å²) in [5.74, 6) is -1.15. The number of allylic oxidation sites excluding steroid dienone is 3. The largest absolute Gasteiger partial charge is 0.434 e. The number of amides is 1. The molecule has 2 heterocycles. The van der Waals surface area contributed by atoms with Gasteiger partial charge in [-0.25, -0.2) is 4.39 Å². The fraction of sp³-hybridized carbons (Fsp3) is 0.367. The number of aliphatic hydroxyl groups is 1. The van der Waals surface area contributed by atoms with Gasteiger partial charge < -0.3 is 9.84 Å². The lowest BCUT2D eigenvalue weighted by Gasteiger charge is -2.15. The number of hydrogen-bond acceptors (Lipinski definition) is 8. The van der Waals surface area contributed by atoms with Crippen LogP contribution in [0.15, 0.2) is 58.9 Å². The Morgan fingerprint density at radius 3 is 2.52 bits per heavy atom. The monoisotopic (exact) mass is 603 g/mol. The summed E-state index contributed by atoms with van der Waals surface area (Å²) in [6, 6.07) is 4.97. The van der Waals surface area contributed by atoms with Crippen LogP contribution in [0.5, 0.6) is 5.75 Å². The number of pyridine rings is 1. The van der Waals surface area contributed by atoms with Crippen LogP contribution in [0.1, 0.15) is 61.6 Å². The number of aliphatic imine (C=N–C) groups is 1. The first-order valence-corrected chi connectivity index (χ1v) is 14.1. The molecular weight excluding hydrogens is 567 g/mol. The second-order valence-corrected chi connectivity index (χ2v) is 10.4. The van der Waals surface area contributed by atoms with Crippen molar-refractivity contribution in [1.82, 2.24) is 15.2 Å². The normalized spacial score (nSPS) is 12.7. The third kappa shape index (κ3) is 10.5. The Bertz CT molecular complexity index is 1420. The van der Waals surface area contributed by atoms with E-state index in [1.165, 1.54) is 30.8 Å². The molecule has 0 saturated heterocycles. The molecule has 0 saturated carbocycles. The number of aliphatic hydroxyl groups excluding tert-OH is 1. The second-order valence-electron chi connectivity index (χ2n) is 9.22. The summed E-state index contributed by atoms with van der Waals surface area (Å²) in [6.07, 6.45) is 9.08. The Labute approximate surface area is 248 Å². The van der Waals surface area contributed by atoms with E-state index in [-0.39, 0.29) is 34.2 Å². The maximum Gasteiger partial charge on any atom is 0.387 e. The third-order valence-electron chi connectivity index (χ3n) is 6.03. The number of aromatic nitrogens is 3. The fourth-order valence-electron chi connectivity index (χ4n) is 3.54. The molecule has 226 valence electrons. The van der Waals surface area contributed by atoms with E-state index in [4.69, 9.17) is 5.11 Å². The molecule has 1 aromatic carbocycles. The Morgan fingerprint density at radius 2 is 1.95 bits per heavy atom. The van der Waals surface area contributed by atoms with Gasteiger partial charge in [0.25, 0.3) is 5.91 Å². The quantitative estimate of drug-likeness (QED) is 0.219. The molecule has 0 fully saturated rings. The first-order valence-electron chi connectivity index (χ1n) is 13.3. The molecule has 0 bridgehead atoms. The number of halogens is 3. The molecular formula is C30H36F3N5O3S. The number of carbonyl (C=O) groups is 1. The average Bonchev–Trinajstić information content (AvgIpc) is 3.36. The van der Waals surface area contributed by atoms with Gasteiger partial charge in [0.15, 0.2) is 0 Å². The molecule has 2 N–H and O–H groups in total. The molecule has 0 aliphatic rings. The van der Waals surface area contributed by atoms with E-state index in [0.29, 0.717) is 16.6 Å². The predicted octanol–water partition coefficient (Wildman–Crippen LogP) is 7.55. The third-order valence-corrected chi connectivity index (χ3v) is 6.78. The number of carbonyl (C=O) groups excluding carboxylic acids is 1. The van der Waals surface area contributed by atoms with E-state index >= 15 is 0 Å². The predicted molar refractivity (Wildman–Crippen MR) is 161 cm³/mol. The van der Waals surface area contributed by atoms with Crippen LogP contribution in [0.2, 0.25) is 0 Å². The van der Waals surface area contributed by atoms with Gasteiger partial charge >= 0.3 is 6.61 Å². The van der Waals surface area contributed by atoms with Gasteiger partial charge in [0.1, 0.15) is 16.6 Å². The molecule has 1 amide bonds. The summed E-state index contributed by atoms with van der Waals surface area (Å²) >= 11 is 1.16. The van der Waals surface area contributed by atoms with Crippen molar-refractivity contribution in [3.05, 3.63) is 76.0 Å². The number of alkyl halides is 2. The van der Waals surface area contributed by atoms with Gasteiger partial charge in [-0.05, 0) is 63.8 Å². The van der Waals surface area contributed by atoms with Crippen molar-refractivity contribution < 1.29 is 27.8 Å². The molecule has 2 aromatic heterocycles. The van der Waals surface area contributed by atoms with E-state index in [1.807, 2.05) is 26.0 Å². The van der Waals surface area contributed by atoms with Crippen LogP contribution in [0.25, 0.3) is 11.1 Å². The molecule has 1 unspecified atom stereocenters. The Kier molecular flexibility index (Phi) is 14.0. The van der Waals surface area contributed by atoms with Crippen LogP contribution < -0.4 is 10.1 Å². The first kappa shape index (κ1) is 34.3. The Morgan fingerprint density at radius 1 is 1.21 bits per heavy atom. The minimum Gasteiger partial charge on any atom is -0.434 e. The van der Waals surface area contributed by atoms with E-state index in [0.717, 1.165) is 35.1 Å². The van der Waals surface area contributed by atoms with Gasteiger partial charge in [-0.2, -0.15) is 8.78 Å². The summed E-state index contributed by atoms with van der Waals surface area (Å²) in [7, 11) is 0. The van der Waals surface area contributed by atoms with Gasteiger partial charge in [0.2, 0.25) is 5.13 Å². The SMILES string of the molecule is C\C=C(CC(C)CC)/N=C/C(=C\C)CO.Cc1cc(-c2c(F)cccc2OC(F)F)c(C(=O)Nc2nnc(C)s2)cn1. The topological polar surface area (TPSA) is 110 Å². The number of rotatable bonds is 11. The summed E-state index contributed by atoms with van der Waals surface area (Å²) in [4.78, 5) is 21.1. The summed E-state index contributed by atoms with van der Waals surface area (Å²) in [6.45, 7) is 8.59. The highest BCUT2D eigenvalue weighted by Crippen LogP contribution is 2.36. The highest BCUT2D eigenvalue weighted by molar-refractivity contribution is 7.15. The molecule has 3 aromatic rings. The number of nitrogens with zero attached hydrogens (tertiary/aromatic N) is 4. The second kappa shape index (κ2) is 17.1. The van der Waals surface area contributed by atoms with E-state index in [2.05, 4.69) is 44.1 Å². The lowest BCUT2D eigenvalue weighted by Crippen LogP contribution is -2.14. The van der Waals surface area contributed by atoms with Crippen molar-refractivity contribution >= 4 is 28.6 Å². The van der Waals surface area contributed by atoms with Crippen molar-refractivity contribution in [2.45, 2.75) is 61.0 Å². The lowest BCUT2D eigenvalue weighted by molar-refractivity contribution is -0.0495. The minimum atomic E-state index is -3.14. The first-order chi connectivity index (χ1) is 20.0. The molecule has 3 rings (SSSR count). The van der Waals surface area contributed by atoms with E-state index in [9.17, 15) is 18.0 Å². The molecule has 42 heavy (non-hydrogen) atoms. The maximum absolute atomic E-state index is 14.5. The van der Waals surface area contributed by atoms with Gasteiger partial charge in [-0.15, -0.1) is 10.2 Å². The van der Waals surface area contributed by atoms with Crippen LogP contribution in [0.4, 0.5) is 18.3 Å². The van der Waals surface area contributed by atoms with Crippen LogP contribution >= 0.6 is 11.3 Å². The lowest BCUT2D eigenvalue weighted by atomic mass is 9.98. The zero-order valence-electron chi connectivity index (χ0n) is 24.5. The number of benzene rings is 1. The zero-order valence-corrected chi connectivity index (χ0v) is 25.3. The minimum absolute atomic E-state index is 0.0160. The highest BCUT2D eigenvalue weighted by atomic mass is 32.1. The molecule has 0 spiro atoms. The van der Waals surface area contributed by atoms with Crippen molar-refractivity contribution in [1.29, 1.82) is 0 Å². The fourth-order valence-corrected chi connectivity index (χ4v) is 4.12. The van der Waals surface area contributed by atoms with Crippen LogP contribution in [0, 0.1) is 25.6 Å². The van der Waals surface area contributed by atoms with Crippen molar-refractivity contribution in [2.24, 2.45) is 10.9 Å². The average molecular weight is 604 g/mol. The summed E-state index contributed by atoms with van der Waals surface area (Å²) in [5.41, 5.74) is 2.24. The number of anilines is 1. The highest BCUT2D eigenvalue weighted by Gasteiger charge is 2.22. The Hall–Kier alpha value is -3.90.